The van der Waals surface area contributed by atoms with Crippen LogP contribution in [0.15, 0.2) is 16.9 Å². The van der Waals surface area contributed by atoms with Crippen molar-refractivity contribution in [3.8, 4) is 5.75 Å². The van der Waals surface area contributed by atoms with Gasteiger partial charge in [-0.3, -0.25) is 24.2 Å². The summed E-state index contributed by atoms with van der Waals surface area (Å²) < 4.78 is 21.7. The van der Waals surface area contributed by atoms with Crippen LogP contribution in [0.5, 0.6) is 5.75 Å². The van der Waals surface area contributed by atoms with Crippen LogP contribution in [0.1, 0.15) is 41.5 Å². The molecule has 5 atom stereocenters. The number of phenolic OH excluding ortho intramolecular Hbond substituents is 1. The van der Waals surface area contributed by atoms with Gasteiger partial charge in [-0.1, -0.05) is 0 Å². The molecule has 2 aliphatic heterocycles. The minimum Gasteiger partial charge on any atom is -0.508 e. The Kier molecular flexibility index (Phi) is 6.11. The third kappa shape index (κ3) is 3.52. The fraction of sp³-hybridized carbons (Fsp3) is 0.536. The molecule has 0 bridgehead atoms. The quantitative estimate of drug-likeness (QED) is 0.330. The van der Waals surface area contributed by atoms with Crippen LogP contribution < -0.4 is 5.73 Å². The van der Waals surface area contributed by atoms with Crippen molar-refractivity contribution >= 4 is 23.2 Å². The van der Waals surface area contributed by atoms with Crippen molar-refractivity contribution in [2.75, 3.05) is 27.2 Å². The molecule has 0 unspecified atom stereocenters. The maximum Gasteiger partial charge on any atom is 0.255 e. The topological polar surface area (TPSA) is 174 Å². The predicted molar refractivity (Wildman–Crippen MR) is 137 cm³/mol. The number of ketones is 2. The Hall–Kier alpha value is -3.32. The minimum atomic E-state index is -2.73. The molecule has 3 aliphatic carbocycles. The Morgan fingerprint density at radius 2 is 1.88 bits per heavy atom. The first-order valence-electron chi connectivity index (χ1n) is 13.4. The third-order valence-electron chi connectivity index (χ3n) is 9.28. The summed E-state index contributed by atoms with van der Waals surface area (Å²) in [7, 11) is 3.05. The number of nitrogens with two attached hydrogens (primary N) is 1. The fourth-order valence-corrected chi connectivity index (χ4v) is 7.48. The van der Waals surface area contributed by atoms with Gasteiger partial charge < -0.3 is 30.9 Å². The van der Waals surface area contributed by atoms with Gasteiger partial charge in [-0.25, -0.2) is 4.39 Å². The van der Waals surface area contributed by atoms with Crippen LogP contribution in [0.4, 0.5) is 4.39 Å². The first kappa shape index (κ1) is 26.9. The fourth-order valence-electron chi connectivity index (χ4n) is 7.48. The Morgan fingerprint density at radius 3 is 2.50 bits per heavy atom. The van der Waals surface area contributed by atoms with Crippen LogP contribution in [-0.4, -0.2) is 92.7 Å². The molecule has 2 heterocycles. The van der Waals surface area contributed by atoms with Gasteiger partial charge in [0.25, 0.3) is 5.91 Å². The Balaban J connectivity index is 1.46. The second-order valence-corrected chi connectivity index (χ2v) is 11.7. The van der Waals surface area contributed by atoms with Gasteiger partial charge in [0.2, 0.25) is 5.78 Å². The number of Topliss-reactive ketones (excluding diaryl/α,β-unsaturated/α-hetero) is 2. The van der Waals surface area contributed by atoms with Gasteiger partial charge in [-0.05, 0) is 45.7 Å². The number of aliphatic hydroxyl groups excluding tert-OH is 2. The first-order valence-corrected chi connectivity index (χ1v) is 13.4. The van der Waals surface area contributed by atoms with Crippen LogP contribution in [-0.2, 0) is 38.6 Å². The maximum atomic E-state index is 16.0. The Morgan fingerprint density at radius 1 is 1.18 bits per heavy atom. The van der Waals surface area contributed by atoms with Crippen LogP contribution in [0.3, 0.4) is 0 Å². The highest BCUT2D eigenvalue weighted by Gasteiger charge is 2.64. The Labute approximate surface area is 229 Å². The molecule has 5 aliphatic rings. The van der Waals surface area contributed by atoms with Crippen molar-refractivity contribution in [2.45, 2.75) is 56.5 Å². The molecule has 214 valence electrons. The number of ether oxygens (including phenoxy) is 1. The number of halogens is 1. The summed E-state index contributed by atoms with van der Waals surface area (Å²) >= 11 is 0. The number of amides is 1. The second-order valence-electron chi connectivity index (χ2n) is 11.7. The van der Waals surface area contributed by atoms with Crippen molar-refractivity contribution in [3.63, 3.8) is 0 Å². The van der Waals surface area contributed by atoms with E-state index in [0.717, 1.165) is 12.8 Å². The molecule has 1 aromatic carbocycles. The minimum absolute atomic E-state index is 0.0209. The van der Waals surface area contributed by atoms with E-state index in [4.69, 9.17) is 10.5 Å². The lowest BCUT2D eigenvalue weighted by atomic mass is 9.57. The molecule has 0 radical (unpaired) electrons. The molecule has 2 fully saturated rings. The molecule has 1 saturated carbocycles. The second kappa shape index (κ2) is 9.10. The zero-order chi connectivity index (χ0) is 28.8. The lowest BCUT2D eigenvalue weighted by Gasteiger charge is -2.50. The lowest BCUT2D eigenvalue weighted by Crippen LogP contribution is -2.65. The summed E-state index contributed by atoms with van der Waals surface area (Å²) in [5, 5.41) is 45.2. The number of carbonyl (C=O) groups is 3. The number of hydrogen-bond donors (Lipinski definition) is 5. The van der Waals surface area contributed by atoms with Gasteiger partial charge in [0.05, 0.1) is 17.7 Å². The number of benzene rings is 1. The molecule has 6 rings (SSSR count). The van der Waals surface area contributed by atoms with E-state index in [-0.39, 0.29) is 54.5 Å². The zero-order valence-corrected chi connectivity index (χ0v) is 22.2. The number of carbonyl (C=O) groups excluding carboxylic acids is 3. The number of likely N-dealkylation sites (N-methyl/N-ethyl adjacent to an activating group) is 1. The van der Waals surface area contributed by atoms with Gasteiger partial charge in [0, 0.05) is 54.4 Å². The van der Waals surface area contributed by atoms with Gasteiger partial charge in [-0.15, -0.1) is 0 Å². The van der Waals surface area contributed by atoms with Crippen molar-refractivity contribution in [3.05, 3.63) is 45.0 Å². The van der Waals surface area contributed by atoms with Crippen LogP contribution in [0.25, 0.3) is 5.76 Å². The van der Waals surface area contributed by atoms with Crippen molar-refractivity contribution < 1.29 is 43.9 Å². The van der Waals surface area contributed by atoms with E-state index in [1.807, 2.05) is 4.90 Å². The first-order chi connectivity index (χ1) is 18.9. The van der Waals surface area contributed by atoms with Crippen molar-refractivity contribution in [1.29, 1.82) is 0 Å². The highest BCUT2D eigenvalue weighted by atomic mass is 19.1. The number of fused-ring (bicyclic) bond motifs is 4. The number of phenols is 1. The number of hydrogen-bond acceptors (Lipinski definition) is 10. The van der Waals surface area contributed by atoms with Crippen molar-refractivity contribution in [1.82, 2.24) is 9.80 Å². The maximum absolute atomic E-state index is 16.0. The van der Waals surface area contributed by atoms with E-state index in [1.54, 1.807) is 0 Å². The summed E-state index contributed by atoms with van der Waals surface area (Å²) in [6.45, 7) is 1.73. The summed E-state index contributed by atoms with van der Waals surface area (Å²) in [5.74, 6) is -8.03. The van der Waals surface area contributed by atoms with Crippen LogP contribution in [0.2, 0.25) is 0 Å². The predicted octanol–water partition coefficient (Wildman–Crippen LogP) is 0.598. The molecule has 1 amide bonds. The smallest absolute Gasteiger partial charge is 0.255 e. The third-order valence-corrected chi connectivity index (χ3v) is 9.28. The average molecular weight is 558 g/mol. The molecule has 6 N–H and O–H groups in total. The molecule has 0 aromatic heterocycles. The molecular weight excluding hydrogens is 525 g/mol. The van der Waals surface area contributed by atoms with Gasteiger partial charge in [0.1, 0.15) is 28.7 Å². The molecular formula is C28H32FN3O8. The molecule has 12 heteroatoms. The van der Waals surface area contributed by atoms with E-state index in [2.05, 4.69) is 0 Å². The number of nitrogens with zero attached hydrogens (tertiary/aromatic N) is 2. The number of primary amides is 1. The van der Waals surface area contributed by atoms with Crippen LogP contribution in [0, 0.1) is 17.7 Å². The average Bonchev–Trinajstić information content (AvgIpc) is 3.55. The van der Waals surface area contributed by atoms with Crippen molar-refractivity contribution in [2.24, 2.45) is 17.6 Å². The molecule has 40 heavy (non-hydrogen) atoms. The van der Waals surface area contributed by atoms with Crippen LogP contribution >= 0.6 is 0 Å². The molecule has 0 spiro atoms. The lowest BCUT2D eigenvalue weighted by molar-refractivity contribution is -0.153. The van der Waals surface area contributed by atoms with Gasteiger partial charge >= 0.3 is 0 Å². The Bertz CT molecular complexity index is 1430. The van der Waals surface area contributed by atoms with Gasteiger partial charge in [-0.2, -0.15) is 0 Å². The summed E-state index contributed by atoms with van der Waals surface area (Å²) in [6.07, 6.45) is 1.71. The van der Waals surface area contributed by atoms with E-state index >= 15 is 4.39 Å². The van der Waals surface area contributed by atoms with E-state index in [0.29, 0.717) is 24.3 Å². The highest BCUT2D eigenvalue weighted by Crippen LogP contribution is 2.54. The molecule has 11 nitrogen and oxygen atoms in total. The SMILES string of the molecule is CN(C)[C@@H]1C(=O)C(C(N)=O)=C(O)[C@@]2(O)C(=O)C3=C(O)c4c(O)c5c(c(F)c4C[C@H]3C[C@@H]12)CN(C[C@@H]1CCCO1)C5. The molecule has 1 aromatic rings. The number of aromatic hydroxyl groups is 1. The molecule has 1 saturated heterocycles. The van der Waals surface area contributed by atoms with E-state index in [1.165, 1.54) is 19.0 Å². The van der Waals surface area contributed by atoms with E-state index < -0.39 is 63.9 Å². The largest absolute Gasteiger partial charge is 0.508 e. The summed E-state index contributed by atoms with van der Waals surface area (Å²) in [5.41, 5.74) is 1.93. The number of aliphatic hydroxyl groups is 3. The van der Waals surface area contributed by atoms with Gasteiger partial charge in [0.15, 0.2) is 11.4 Å². The zero-order valence-electron chi connectivity index (χ0n) is 22.2. The monoisotopic (exact) mass is 557 g/mol. The van der Waals surface area contributed by atoms with E-state index in [9.17, 15) is 34.8 Å². The summed E-state index contributed by atoms with van der Waals surface area (Å²) in [6, 6.07) is -1.19. The summed E-state index contributed by atoms with van der Waals surface area (Å²) in [4.78, 5) is 42.6. The standard InChI is InChI=1S/C28H32FN3O8/c1-31(2)21-16-7-11-6-13-18(22(33)15-10-32(9-14(15)20(13)29)8-12-4-3-5-40-12)23(34)17(11)25(36)28(16,39)26(37)19(24(21)35)27(30)38/h11-12,16,21,33-34,37,39H,3-10H2,1-2H3,(H2,30,38)/t11-,12-,16-,21-,28-/m0/s1. The highest BCUT2D eigenvalue weighted by molar-refractivity contribution is 6.24. The normalized spacial score (nSPS) is 31.9. The number of rotatable bonds is 4.